The molecule has 5 nitrogen and oxygen atoms in total. The first-order valence-corrected chi connectivity index (χ1v) is 7.02. The lowest BCUT2D eigenvalue weighted by Crippen LogP contribution is -2.31. The first-order chi connectivity index (χ1) is 11.5. The lowest BCUT2D eigenvalue weighted by molar-refractivity contribution is -0.137. The summed E-state index contributed by atoms with van der Waals surface area (Å²) in [4.78, 5) is 25.3. The summed E-state index contributed by atoms with van der Waals surface area (Å²) in [7, 11) is 0. The number of phenols is 1. The zero-order chi connectivity index (χ0) is 17.3. The van der Waals surface area contributed by atoms with Crippen molar-refractivity contribution in [3.63, 3.8) is 0 Å². The number of nitrogens with one attached hydrogen (secondary N) is 1. The third-order valence-electron chi connectivity index (χ3n) is 3.50. The molecule has 0 radical (unpaired) electrons. The van der Waals surface area contributed by atoms with Gasteiger partial charge in [0.25, 0.3) is 11.8 Å². The Balaban J connectivity index is 1.79. The number of amides is 2. The van der Waals surface area contributed by atoms with Crippen molar-refractivity contribution in [1.82, 2.24) is 4.90 Å². The number of rotatable bonds is 4. The average molecular weight is 330 g/mol. The summed E-state index contributed by atoms with van der Waals surface area (Å²) in [6.45, 7) is 0.0760. The van der Waals surface area contributed by atoms with Gasteiger partial charge in [-0.1, -0.05) is 30.3 Å². The second-order valence-corrected chi connectivity index (χ2v) is 5.18. The van der Waals surface area contributed by atoms with Crippen LogP contribution >= 0.6 is 0 Å². The summed E-state index contributed by atoms with van der Waals surface area (Å²) in [5, 5.41) is 11.5. The topological polar surface area (TPSA) is 69.6 Å². The van der Waals surface area contributed by atoms with E-state index in [1.807, 2.05) is 6.07 Å². The van der Waals surface area contributed by atoms with E-state index in [-0.39, 0.29) is 17.9 Å². The molecule has 24 heavy (non-hydrogen) atoms. The summed E-state index contributed by atoms with van der Waals surface area (Å²) >= 11 is 0. The van der Waals surface area contributed by atoms with Crippen molar-refractivity contribution in [2.75, 3.05) is 5.32 Å². The summed E-state index contributed by atoms with van der Waals surface area (Å²) in [5.41, 5.74) is 0.245. The van der Waals surface area contributed by atoms with Crippen LogP contribution in [-0.2, 0) is 16.1 Å². The van der Waals surface area contributed by atoms with Gasteiger partial charge in [-0.15, -0.1) is 0 Å². The molecule has 1 aliphatic rings. The zero-order valence-electron chi connectivity index (χ0n) is 12.3. The molecule has 0 saturated carbocycles. The molecular formula is C17H12F2N2O3. The van der Waals surface area contributed by atoms with Crippen molar-refractivity contribution in [1.29, 1.82) is 0 Å². The number of hydrogen-bond donors (Lipinski definition) is 2. The van der Waals surface area contributed by atoms with Crippen LogP contribution in [0.5, 0.6) is 5.75 Å². The van der Waals surface area contributed by atoms with Crippen molar-refractivity contribution >= 4 is 17.5 Å². The maximum Gasteiger partial charge on any atom is 0.277 e. The second kappa shape index (κ2) is 6.11. The van der Waals surface area contributed by atoms with Crippen molar-refractivity contribution in [3.8, 4) is 5.75 Å². The standard InChI is InChI=1S/C17H12F2N2O3/c18-11-7-15(22)12(19)6-13(11)20-14-8-16(23)21(17(14)24)9-10-4-2-1-3-5-10/h1-8,20,22H,9H2. The number of anilines is 1. The highest BCUT2D eigenvalue weighted by molar-refractivity contribution is 6.17. The third kappa shape index (κ3) is 2.96. The Labute approximate surface area is 135 Å². The van der Waals surface area contributed by atoms with Gasteiger partial charge in [0.05, 0.1) is 12.2 Å². The Kier molecular flexibility index (Phi) is 3.99. The fourth-order valence-electron chi connectivity index (χ4n) is 2.29. The van der Waals surface area contributed by atoms with Gasteiger partial charge in [0.1, 0.15) is 5.70 Å². The molecule has 2 aromatic rings. The van der Waals surface area contributed by atoms with E-state index in [0.29, 0.717) is 12.1 Å². The Morgan fingerprint density at radius 3 is 2.46 bits per heavy atom. The predicted octanol–water partition coefficient (Wildman–Crippen LogP) is 2.54. The van der Waals surface area contributed by atoms with Crippen LogP contribution in [0.2, 0.25) is 0 Å². The fraction of sp³-hybridized carbons (Fsp3) is 0.0588. The maximum atomic E-state index is 13.7. The van der Waals surface area contributed by atoms with E-state index in [0.717, 1.165) is 16.5 Å². The quantitative estimate of drug-likeness (QED) is 0.668. The Bertz CT molecular complexity index is 850. The van der Waals surface area contributed by atoms with Gasteiger partial charge in [0.15, 0.2) is 17.4 Å². The second-order valence-electron chi connectivity index (χ2n) is 5.18. The number of benzene rings is 2. The van der Waals surface area contributed by atoms with Crippen LogP contribution in [0, 0.1) is 11.6 Å². The number of carbonyl (C=O) groups excluding carboxylic acids is 2. The number of imide groups is 1. The van der Waals surface area contributed by atoms with Crippen LogP contribution in [0.1, 0.15) is 5.56 Å². The summed E-state index contributed by atoms with van der Waals surface area (Å²) in [6, 6.07) is 10.2. The highest BCUT2D eigenvalue weighted by atomic mass is 19.1. The summed E-state index contributed by atoms with van der Waals surface area (Å²) in [6.07, 6.45) is 1.02. The Hall–Kier alpha value is -3.22. The van der Waals surface area contributed by atoms with Gasteiger partial charge < -0.3 is 10.4 Å². The lowest BCUT2D eigenvalue weighted by atomic mass is 10.2. The number of carbonyl (C=O) groups is 2. The lowest BCUT2D eigenvalue weighted by Gasteiger charge is -2.15. The molecule has 0 fully saturated rings. The van der Waals surface area contributed by atoms with Crippen molar-refractivity contribution in [2.45, 2.75) is 6.54 Å². The molecule has 0 bridgehead atoms. The molecule has 2 amide bonds. The summed E-state index contributed by atoms with van der Waals surface area (Å²) < 4.78 is 27.1. The molecule has 0 spiro atoms. The molecule has 7 heteroatoms. The predicted molar refractivity (Wildman–Crippen MR) is 81.7 cm³/mol. The molecule has 3 rings (SSSR count). The zero-order valence-corrected chi connectivity index (χ0v) is 12.3. The minimum absolute atomic E-state index is 0.0760. The van der Waals surface area contributed by atoms with Crippen LogP contribution in [-0.4, -0.2) is 21.8 Å². The largest absolute Gasteiger partial charge is 0.505 e. The number of hydrogen-bond acceptors (Lipinski definition) is 4. The minimum Gasteiger partial charge on any atom is -0.505 e. The Morgan fingerprint density at radius 1 is 1.04 bits per heavy atom. The smallest absolute Gasteiger partial charge is 0.277 e. The van der Waals surface area contributed by atoms with Gasteiger partial charge in [-0.3, -0.25) is 14.5 Å². The third-order valence-corrected chi connectivity index (χ3v) is 3.50. The van der Waals surface area contributed by atoms with Gasteiger partial charge in [-0.05, 0) is 5.56 Å². The maximum absolute atomic E-state index is 13.7. The first kappa shape index (κ1) is 15.7. The van der Waals surface area contributed by atoms with Gasteiger partial charge in [0, 0.05) is 18.2 Å². The highest BCUT2D eigenvalue weighted by Crippen LogP contribution is 2.26. The van der Waals surface area contributed by atoms with Gasteiger partial charge >= 0.3 is 0 Å². The number of nitrogens with zero attached hydrogens (tertiary/aromatic N) is 1. The van der Waals surface area contributed by atoms with Gasteiger partial charge in [-0.25, -0.2) is 8.78 Å². The number of aromatic hydroxyl groups is 1. The van der Waals surface area contributed by atoms with Crippen LogP contribution in [0.25, 0.3) is 0 Å². The monoisotopic (exact) mass is 330 g/mol. The van der Waals surface area contributed by atoms with Crippen LogP contribution < -0.4 is 5.32 Å². The molecule has 2 N–H and O–H groups in total. The summed E-state index contributed by atoms with van der Waals surface area (Å²) in [5.74, 6) is -4.02. The van der Waals surface area contributed by atoms with E-state index in [2.05, 4.69) is 5.32 Å². The average Bonchev–Trinajstić information content (AvgIpc) is 2.81. The number of halogens is 2. The fourth-order valence-corrected chi connectivity index (χ4v) is 2.29. The molecule has 122 valence electrons. The van der Waals surface area contributed by atoms with Gasteiger partial charge in [-0.2, -0.15) is 0 Å². The Morgan fingerprint density at radius 2 is 1.75 bits per heavy atom. The molecule has 0 saturated heterocycles. The van der Waals surface area contributed by atoms with Crippen molar-refractivity contribution in [3.05, 3.63) is 71.4 Å². The molecule has 0 unspecified atom stereocenters. The van der Waals surface area contributed by atoms with Crippen molar-refractivity contribution in [2.24, 2.45) is 0 Å². The molecule has 2 aromatic carbocycles. The SMILES string of the molecule is O=C1C=C(Nc2cc(F)c(O)cc2F)C(=O)N1Cc1ccccc1. The van der Waals surface area contributed by atoms with Gasteiger partial charge in [0.2, 0.25) is 0 Å². The van der Waals surface area contributed by atoms with E-state index >= 15 is 0 Å². The molecule has 0 atom stereocenters. The minimum atomic E-state index is -1.04. The van der Waals surface area contributed by atoms with E-state index < -0.39 is 29.2 Å². The van der Waals surface area contributed by atoms with E-state index in [1.54, 1.807) is 24.3 Å². The van der Waals surface area contributed by atoms with E-state index in [9.17, 15) is 18.4 Å². The first-order valence-electron chi connectivity index (χ1n) is 7.02. The molecule has 0 aromatic heterocycles. The van der Waals surface area contributed by atoms with Crippen LogP contribution in [0.15, 0.2) is 54.2 Å². The van der Waals surface area contributed by atoms with Crippen molar-refractivity contribution < 1.29 is 23.5 Å². The highest BCUT2D eigenvalue weighted by Gasteiger charge is 2.31. The molecular weight excluding hydrogens is 318 g/mol. The number of phenolic OH excluding ortho intramolecular Hbond substituents is 1. The molecule has 1 heterocycles. The normalized spacial score (nSPS) is 14.1. The van der Waals surface area contributed by atoms with E-state index in [1.165, 1.54) is 0 Å². The van der Waals surface area contributed by atoms with Crippen LogP contribution in [0.4, 0.5) is 14.5 Å². The van der Waals surface area contributed by atoms with Crippen LogP contribution in [0.3, 0.4) is 0 Å². The van der Waals surface area contributed by atoms with E-state index in [4.69, 9.17) is 5.11 Å². The molecule has 0 aliphatic carbocycles. The molecule has 1 aliphatic heterocycles.